The summed E-state index contributed by atoms with van der Waals surface area (Å²) in [7, 11) is 0. The molecule has 3 nitrogen and oxygen atoms in total. The van der Waals surface area contributed by atoms with Gasteiger partial charge in [0.05, 0.1) is 17.6 Å². The van der Waals surface area contributed by atoms with Crippen molar-refractivity contribution in [2.45, 2.75) is 36.9 Å². The Balaban J connectivity index is 1.47. The van der Waals surface area contributed by atoms with Crippen molar-refractivity contribution in [2.75, 3.05) is 6.54 Å². The smallest absolute Gasteiger partial charge is 0.0862 e. The standard InChI is InChI=1S/C24H23N3/c25-16-24(19-9-2-1-3-10-19)12-13-27(22(26)15-24)21-14-18-8-4-6-17-7-5-11-20(21)23(17)18/h1-11,21-22H,12-15,26H2/t21?,22-,24?/m0/s1. The van der Waals surface area contributed by atoms with Crippen molar-refractivity contribution in [3.05, 3.63) is 83.4 Å². The molecule has 0 radical (unpaired) electrons. The highest BCUT2D eigenvalue weighted by atomic mass is 15.3. The average molecular weight is 353 g/mol. The molecule has 0 amide bonds. The molecule has 2 aliphatic rings. The number of hydrogen-bond acceptors (Lipinski definition) is 3. The third-order valence-corrected chi connectivity index (χ3v) is 6.52. The van der Waals surface area contributed by atoms with Crippen LogP contribution in [0.5, 0.6) is 0 Å². The van der Waals surface area contributed by atoms with Crippen LogP contribution in [0.25, 0.3) is 10.8 Å². The summed E-state index contributed by atoms with van der Waals surface area (Å²) >= 11 is 0. The average Bonchev–Trinajstić information content (AvgIpc) is 3.09. The van der Waals surface area contributed by atoms with Crippen molar-refractivity contribution >= 4 is 10.8 Å². The van der Waals surface area contributed by atoms with E-state index in [2.05, 4.69) is 59.5 Å². The van der Waals surface area contributed by atoms with Crippen molar-refractivity contribution in [3.63, 3.8) is 0 Å². The topological polar surface area (TPSA) is 53.0 Å². The van der Waals surface area contributed by atoms with Gasteiger partial charge in [0.15, 0.2) is 0 Å². The van der Waals surface area contributed by atoms with Crippen molar-refractivity contribution in [1.82, 2.24) is 4.90 Å². The molecule has 1 aliphatic heterocycles. The first-order valence-corrected chi connectivity index (χ1v) is 9.70. The van der Waals surface area contributed by atoms with Gasteiger partial charge in [-0.1, -0.05) is 66.7 Å². The number of rotatable bonds is 2. The van der Waals surface area contributed by atoms with Crippen LogP contribution in [0.1, 0.15) is 35.6 Å². The van der Waals surface area contributed by atoms with E-state index in [4.69, 9.17) is 5.73 Å². The molecule has 2 N–H and O–H groups in total. The van der Waals surface area contributed by atoms with E-state index in [1.165, 1.54) is 21.9 Å². The number of benzene rings is 3. The normalized spacial score (nSPS) is 27.6. The van der Waals surface area contributed by atoms with Gasteiger partial charge in [-0.2, -0.15) is 5.26 Å². The molecule has 0 spiro atoms. The predicted octanol–water partition coefficient (Wildman–Crippen LogP) is 4.28. The highest BCUT2D eigenvalue weighted by Gasteiger charge is 2.43. The van der Waals surface area contributed by atoms with E-state index >= 15 is 0 Å². The Morgan fingerprint density at radius 1 is 1.00 bits per heavy atom. The molecular weight excluding hydrogens is 330 g/mol. The van der Waals surface area contributed by atoms with Crippen molar-refractivity contribution in [3.8, 4) is 6.07 Å². The Kier molecular flexibility index (Phi) is 3.79. The molecule has 0 aromatic heterocycles. The van der Waals surface area contributed by atoms with Crippen LogP contribution in [-0.2, 0) is 11.8 Å². The molecule has 0 bridgehead atoms. The number of nitrogens with zero attached hydrogens (tertiary/aromatic N) is 2. The van der Waals surface area contributed by atoms with Crippen LogP contribution in [0.4, 0.5) is 0 Å². The maximum atomic E-state index is 10.0. The molecule has 1 saturated heterocycles. The summed E-state index contributed by atoms with van der Waals surface area (Å²) in [6, 6.07) is 26.3. The van der Waals surface area contributed by atoms with E-state index in [1.807, 2.05) is 18.2 Å². The Bertz CT molecular complexity index is 1030. The third kappa shape index (κ3) is 2.49. The Hall–Kier alpha value is -2.67. The van der Waals surface area contributed by atoms with Gasteiger partial charge in [-0.15, -0.1) is 0 Å². The zero-order valence-corrected chi connectivity index (χ0v) is 15.3. The first-order chi connectivity index (χ1) is 13.2. The van der Waals surface area contributed by atoms with E-state index in [1.54, 1.807) is 0 Å². The van der Waals surface area contributed by atoms with Crippen LogP contribution < -0.4 is 5.73 Å². The van der Waals surface area contributed by atoms with Gasteiger partial charge in [-0.05, 0) is 46.7 Å². The van der Waals surface area contributed by atoms with E-state index in [-0.39, 0.29) is 6.17 Å². The fraction of sp³-hybridized carbons (Fsp3) is 0.292. The fourth-order valence-electron chi connectivity index (χ4n) is 5.15. The molecule has 3 aromatic carbocycles. The minimum atomic E-state index is -0.478. The zero-order chi connectivity index (χ0) is 18.4. The summed E-state index contributed by atoms with van der Waals surface area (Å²) in [5, 5.41) is 12.7. The summed E-state index contributed by atoms with van der Waals surface area (Å²) in [5.41, 5.74) is 10.1. The van der Waals surface area contributed by atoms with Gasteiger partial charge in [0.1, 0.15) is 0 Å². The Morgan fingerprint density at radius 2 is 1.78 bits per heavy atom. The molecule has 134 valence electrons. The maximum absolute atomic E-state index is 10.0. The van der Waals surface area contributed by atoms with E-state index in [0.29, 0.717) is 12.5 Å². The molecule has 3 aromatic rings. The molecule has 2 unspecified atom stereocenters. The van der Waals surface area contributed by atoms with E-state index < -0.39 is 5.41 Å². The molecule has 3 heteroatoms. The van der Waals surface area contributed by atoms with Crippen LogP contribution in [0, 0.1) is 11.3 Å². The summed E-state index contributed by atoms with van der Waals surface area (Å²) in [5.74, 6) is 0. The lowest BCUT2D eigenvalue weighted by atomic mass is 9.72. The number of hydrogen-bond donors (Lipinski definition) is 1. The first kappa shape index (κ1) is 16.5. The summed E-state index contributed by atoms with van der Waals surface area (Å²) in [6.07, 6.45) is 2.39. The van der Waals surface area contributed by atoms with Gasteiger partial charge in [-0.3, -0.25) is 4.90 Å². The monoisotopic (exact) mass is 353 g/mol. The SMILES string of the molecule is N#CC1(c2ccccc2)CCN(C2Cc3cccc4cccc2c34)[C@H](N)C1. The molecule has 5 rings (SSSR count). The Morgan fingerprint density at radius 3 is 2.52 bits per heavy atom. The van der Waals surface area contributed by atoms with Gasteiger partial charge < -0.3 is 5.73 Å². The molecule has 27 heavy (non-hydrogen) atoms. The van der Waals surface area contributed by atoms with Crippen LogP contribution >= 0.6 is 0 Å². The molecular formula is C24H23N3. The lowest BCUT2D eigenvalue weighted by Crippen LogP contribution is -2.54. The number of nitriles is 1. The molecule has 1 fully saturated rings. The molecule has 0 saturated carbocycles. The van der Waals surface area contributed by atoms with Crippen molar-refractivity contribution < 1.29 is 0 Å². The third-order valence-electron chi connectivity index (χ3n) is 6.52. The lowest BCUT2D eigenvalue weighted by Gasteiger charge is -2.45. The maximum Gasteiger partial charge on any atom is 0.0862 e. The highest BCUT2D eigenvalue weighted by molar-refractivity contribution is 5.91. The van der Waals surface area contributed by atoms with Crippen LogP contribution in [-0.4, -0.2) is 17.6 Å². The van der Waals surface area contributed by atoms with Crippen LogP contribution in [0.15, 0.2) is 66.7 Å². The fourth-order valence-corrected chi connectivity index (χ4v) is 5.15. The summed E-state index contributed by atoms with van der Waals surface area (Å²) in [4.78, 5) is 2.42. The predicted molar refractivity (Wildman–Crippen MR) is 108 cm³/mol. The van der Waals surface area contributed by atoms with Crippen molar-refractivity contribution in [1.29, 1.82) is 5.26 Å². The van der Waals surface area contributed by atoms with Gasteiger partial charge in [-0.25, -0.2) is 0 Å². The largest absolute Gasteiger partial charge is 0.316 e. The van der Waals surface area contributed by atoms with Gasteiger partial charge in [0, 0.05) is 12.6 Å². The second-order valence-corrected chi connectivity index (χ2v) is 7.90. The van der Waals surface area contributed by atoms with Gasteiger partial charge >= 0.3 is 0 Å². The minimum absolute atomic E-state index is 0.117. The van der Waals surface area contributed by atoms with Crippen LogP contribution in [0.2, 0.25) is 0 Å². The number of nitrogens with two attached hydrogens (primary N) is 1. The minimum Gasteiger partial charge on any atom is -0.316 e. The zero-order valence-electron chi connectivity index (χ0n) is 15.3. The van der Waals surface area contributed by atoms with E-state index in [9.17, 15) is 5.26 Å². The molecule has 1 heterocycles. The second kappa shape index (κ2) is 6.20. The first-order valence-electron chi connectivity index (χ1n) is 9.70. The molecule has 1 aliphatic carbocycles. The van der Waals surface area contributed by atoms with E-state index in [0.717, 1.165) is 24.9 Å². The molecule has 3 atom stereocenters. The second-order valence-electron chi connectivity index (χ2n) is 7.90. The van der Waals surface area contributed by atoms with Gasteiger partial charge in [0.2, 0.25) is 0 Å². The van der Waals surface area contributed by atoms with Crippen molar-refractivity contribution in [2.24, 2.45) is 5.73 Å². The quantitative estimate of drug-likeness (QED) is 0.748. The van der Waals surface area contributed by atoms with Gasteiger partial charge in [0.25, 0.3) is 0 Å². The van der Waals surface area contributed by atoms with Crippen LogP contribution in [0.3, 0.4) is 0 Å². The highest BCUT2D eigenvalue weighted by Crippen LogP contribution is 2.44. The summed E-state index contributed by atoms with van der Waals surface area (Å²) in [6.45, 7) is 0.846. The summed E-state index contributed by atoms with van der Waals surface area (Å²) < 4.78 is 0. The lowest BCUT2D eigenvalue weighted by molar-refractivity contribution is 0.0731. The number of piperidine rings is 1. The number of likely N-dealkylation sites (tertiary alicyclic amines) is 1. The Labute approximate surface area is 160 Å².